The van der Waals surface area contributed by atoms with Gasteiger partial charge in [0.1, 0.15) is 11.3 Å². The molecule has 1 aliphatic rings. The normalized spacial score (nSPS) is 15.7. The van der Waals surface area contributed by atoms with Gasteiger partial charge in [0.05, 0.1) is 6.20 Å². The van der Waals surface area contributed by atoms with Crippen LogP contribution in [0, 0.1) is 0 Å². The summed E-state index contributed by atoms with van der Waals surface area (Å²) >= 11 is 0. The number of aromatic nitrogens is 4. The van der Waals surface area contributed by atoms with E-state index in [9.17, 15) is 0 Å². The van der Waals surface area contributed by atoms with Crippen molar-refractivity contribution in [2.45, 2.75) is 19.9 Å². The van der Waals surface area contributed by atoms with E-state index < -0.39 is 0 Å². The molecule has 1 aliphatic heterocycles. The number of benzene rings is 1. The molecule has 2 N–H and O–H groups in total. The molecule has 0 amide bonds. The van der Waals surface area contributed by atoms with Crippen molar-refractivity contribution < 1.29 is 0 Å². The van der Waals surface area contributed by atoms with E-state index >= 15 is 0 Å². The Morgan fingerprint density at radius 3 is 2.52 bits per heavy atom. The molecule has 4 rings (SSSR count). The molecule has 6 nitrogen and oxygen atoms in total. The number of hydrogen-bond acceptors (Lipinski definition) is 4. The molecule has 0 unspecified atom stereocenters. The minimum Gasteiger partial charge on any atom is -0.369 e. The number of H-pyrrole nitrogens is 1. The van der Waals surface area contributed by atoms with Gasteiger partial charge in [-0.15, -0.1) is 0 Å². The molecule has 1 aromatic carbocycles. The zero-order valence-corrected chi connectivity index (χ0v) is 13.6. The lowest BCUT2D eigenvalue weighted by atomic mass is 10.1. The summed E-state index contributed by atoms with van der Waals surface area (Å²) < 4.78 is 1.97. The lowest BCUT2D eigenvalue weighted by Gasteiger charge is -2.29. The highest BCUT2D eigenvalue weighted by Gasteiger charge is 2.13. The number of imidazole rings is 1. The minimum atomic E-state index is 0.316. The highest BCUT2D eigenvalue weighted by atomic mass is 15.3. The Kier molecular flexibility index (Phi) is 3.53. The fourth-order valence-electron chi connectivity index (χ4n) is 3.10. The summed E-state index contributed by atoms with van der Waals surface area (Å²) in [6.07, 6.45) is 1.82. The Hall–Kier alpha value is -2.34. The van der Waals surface area contributed by atoms with Crippen molar-refractivity contribution in [2.24, 2.45) is 0 Å². The van der Waals surface area contributed by atoms with Crippen LogP contribution in [0.5, 0.6) is 0 Å². The maximum atomic E-state index is 4.67. The number of rotatable bonds is 3. The third-order valence-corrected chi connectivity index (χ3v) is 4.36. The van der Waals surface area contributed by atoms with Gasteiger partial charge in [0, 0.05) is 43.5 Å². The second-order valence-corrected chi connectivity index (χ2v) is 6.29. The number of hydrogen-bond donors (Lipinski definition) is 2. The molecule has 0 radical (unpaired) electrons. The van der Waals surface area contributed by atoms with E-state index in [1.165, 1.54) is 5.69 Å². The number of aromatic amines is 1. The fraction of sp³-hybridized carbons (Fsp3) is 0.412. The summed E-state index contributed by atoms with van der Waals surface area (Å²) in [6.45, 7) is 8.47. The second kappa shape index (κ2) is 5.70. The summed E-state index contributed by atoms with van der Waals surface area (Å²) in [5, 5.41) is 7.76. The average Bonchev–Trinajstić information content (AvgIpc) is 3.16. The van der Waals surface area contributed by atoms with Gasteiger partial charge in [-0.1, -0.05) is 0 Å². The number of fused-ring (bicyclic) bond motifs is 1. The molecule has 23 heavy (non-hydrogen) atoms. The smallest absolute Gasteiger partial charge is 0.156 e. The van der Waals surface area contributed by atoms with Crippen molar-refractivity contribution in [3.63, 3.8) is 0 Å². The van der Waals surface area contributed by atoms with Gasteiger partial charge >= 0.3 is 0 Å². The first-order chi connectivity index (χ1) is 11.2. The van der Waals surface area contributed by atoms with Gasteiger partial charge in [-0.2, -0.15) is 5.10 Å². The predicted molar refractivity (Wildman–Crippen MR) is 92.8 cm³/mol. The quantitative estimate of drug-likeness (QED) is 0.780. The Labute approximate surface area is 135 Å². The summed E-state index contributed by atoms with van der Waals surface area (Å²) in [7, 11) is 0. The lowest BCUT2D eigenvalue weighted by molar-refractivity contribution is 0.547. The molecule has 3 heterocycles. The number of nitrogens with zero attached hydrogens (tertiary/aromatic N) is 4. The SMILES string of the molecule is CC(C)n1ncc2nc(-c3ccc(N4CCNCC4)cc3)[nH]c21. The first-order valence-corrected chi connectivity index (χ1v) is 8.22. The van der Waals surface area contributed by atoms with Crippen LogP contribution in [0.25, 0.3) is 22.6 Å². The summed E-state index contributed by atoms with van der Waals surface area (Å²) in [6, 6.07) is 8.96. The Balaban J connectivity index is 1.62. The van der Waals surface area contributed by atoms with Crippen LogP contribution >= 0.6 is 0 Å². The van der Waals surface area contributed by atoms with Crippen LogP contribution in [0.3, 0.4) is 0 Å². The zero-order chi connectivity index (χ0) is 15.8. The van der Waals surface area contributed by atoms with Crippen LogP contribution in [0.2, 0.25) is 0 Å². The topological polar surface area (TPSA) is 61.8 Å². The number of piperazine rings is 1. The molecule has 2 aromatic heterocycles. The van der Waals surface area contributed by atoms with Crippen LogP contribution in [0.15, 0.2) is 30.5 Å². The van der Waals surface area contributed by atoms with Gasteiger partial charge in [0.25, 0.3) is 0 Å². The lowest BCUT2D eigenvalue weighted by Crippen LogP contribution is -2.43. The van der Waals surface area contributed by atoms with E-state index in [1.54, 1.807) is 0 Å². The zero-order valence-electron chi connectivity index (χ0n) is 13.6. The summed E-state index contributed by atoms with van der Waals surface area (Å²) in [5.74, 6) is 0.902. The molecule has 0 saturated carbocycles. The van der Waals surface area contributed by atoms with Crippen molar-refractivity contribution in [2.75, 3.05) is 31.1 Å². The maximum absolute atomic E-state index is 4.67. The maximum Gasteiger partial charge on any atom is 0.156 e. The molecular weight excluding hydrogens is 288 g/mol. The molecule has 0 spiro atoms. The van der Waals surface area contributed by atoms with Crippen molar-refractivity contribution >= 4 is 16.9 Å². The van der Waals surface area contributed by atoms with Crippen LogP contribution in [-0.2, 0) is 0 Å². The monoisotopic (exact) mass is 310 g/mol. The van der Waals surface area contributed by atoms with Gasteiger partial charge in [-0.25, -0.2) is 9.67 Å². The number of anilines is 1. The molecule has 0 bridgehead atoms. The van der Waals surface area contributed by atoms with E-state index in [0.717, 1.165) is 48.7 Å². The van der Waals surface area contributed by atoms with Gasteiger partial charge in [0.2, 0.25) is 0 Å². The first kappa shape index (κ1) is 14.3. The number of nitrogens with one attached hydrogen (secondary N) is 2. The third-order valence-electron chi connectivity index (χ3n) is 4.36. The van der Waals surface area contributed by atoms with E-state index in [4.69, 9.17) is 0 Å². The molecule has 0 atom stereocenters. The Bertz CT molecular complexity index is 792. The largest absolute Gasteiger partial charge is 0.369 e. The van der Waals surface area contributed by atoms with E-state index in [1.807, 2.05) is 10.9 Å². The molecule has 1 fully saturated rings. The highest BCUT2D eigenvalue weighted by Crippen LogP contribution is 2.24. The van der Waals surface area contributed by atoms with Crippen LogP contribution < -0.4 is 10.2 Å². The first-order valence-electron chi connectivity index (χ1n) is 8.22. The highest BCUT2D eigenvalue weighted by molar-refractivity contribution is 5.76. The minimum absolute atomic E-state index is 0.316. The molecule has 1 saturated heterocycles. The van der Waals surface area contributed by atoms with Crippen molar-refractivity contribution in [1.29, 1.82) is 0 Å². The van der Waals surface area contributed by atoms with Gasteiger partial charge < -0.3 is 15.2 Å². The Morgan fingerprint density at radius 2 is 1.83 bits per heavy atom. The fourth-order valence-corrected chi connectivity index (χ4v) is 3.10. The van der Waals surface area contributed by atoms with Crippen LogP contribution in [0.4, 0.5) is 5.69 Å². The standard InChI is InChI=1S/C17H22N6/c1-12(2)23-17-15(11-19-23)20-16(21-17)13-3-5-14(6-4-13)22-9-7-18-8-10-22/h3-6,11-12,18H,7-10H2,1-2H3,(H,20,21). The van der Waals surface area contributed by atoms with Gasteiger partial charge in [-0.3, -0.25) is 0 Å². The van der Waals surface area contributed by atoms with Gasteiger partial charge in [-0.05, 0) is 38.1 Å². The molecule has 3 aromatic rings. The molecule has 120 valence electrons. The molecular formula is C17H22N6. The van der Waals surface area contributed by atoms with Gasteiger partial charge in [0.15, 0.2) is 5.65 Å². The molecule has 0 aliphatic carbocycles. The summed E-state index contributed by atoms with van der Waals surface area (Å²) in [4.78, 5) is 10.5. The van der Waals surface area contributed by atoms with Crippen molar-refractivity contribution in [3.05, 3.63) is 30.5 Å². The van der Waals surface area contributed by atoms with Crippen LogP contribution in [-0.4, -0.2) is 45.9 Å². The van der Waals surface area contributed by atoms with Crippen molar-refractivity contribution in [1.82, 2.24) is 25.1 Å². The second-order valence-electron chi connectivity index (χ2n) is 6.29. The Morgan fingerprint density at radius 1 is 1.09 bits per heavy atom. The van der Waals surface area contributed by atoms with E-state index in [2.05, 4.69) is 63.4 Å². The van der Waals surface area contributed by atoms with E-state index in [0.29, 0.717) is 6.04 Å². The van der Waals surface area contributed by atoms with Crippen LogP contribution in [0.1, 0.15) is 19.9 Å². The van der Waals surface area contributed by atoms with E-state index in [-0.39, 0.29) is 0 Å². The molecule has 6 heteroatoms. The summed E-state index contributed by atoms with van der Waals surface area (Å²) in [5.41, 5.74) is 4.29. The predicted octanol–water partition coefficient (Wildman–Crippen LogP) is 2.42. The average molecular weight is 310 g/mol. The van der Waals surface area contributed by atoms with Crippen molar-refractivity contribution in [3.8, 4) is 11.4 Å². The third kappa shape index (κ3) is 2.59.